The van der Waals surface area contributed by atoms with Crippen molar-refractivity contribution < 1.29 is 19.1 Å². The molecule has 0 saturated carbocycles. The number of H-pyrrole nitrogens is 1. The Labute approximate surface area is 156 Å². The number of anilines is 1. The summed E-state index contributed by atoms with van der Waals surface area (Å²) in [5.74, 6) is 0.00148. The standard InChI is InChI=1S/C16H23N7O4/c1-22-13-9-11(4-6-27-8-7-26-2)21-23(13)5-3-12(16(22)25)19-15(24)14-17-10-18-20-14/h9-10,12H,3-8H2,1-2H3,(H,19,24)(H,17,18,20)/t12-/m1/s1. The number of aromatic amines is 1. The van der Waals surface area contributed by atoms with E-state index in [1.165, 1.54) is 11.2 Å². The first-order valence-corrected chi connectivity index (χ1v) is 8.67. The molecule has 2 amide bonds. The zero-order chi connectivity index (χ0) is 19.2. The Morgan fingerprint density at radius 2 is 2.26 bits per heavy atom. The number of nitrogens with one attached hydrogen (secondary N) is 2. The maximum Gasteiger partial charge on any atom is 0.291 e. The lowest BCUT2D eigenvalue weighted by Crippen LogP contribution is -2.47. The molecule has 146 valence electrons. The Hall–Kier alpha value is -2.79. The molecule has 3 heterocycles. The Kier molecular flexibility index (Phi) is 6.14. The molecule has 27 heavy (non-hydrogen) atoms. The van der Waals surface area contributed by atoms with Crippen LogP contribution < -0.4 is 10.2 Å². The van der Waals surface area contributed by atoms with Crippen LogP contribution in [0.25, 0.3) is 0 Å². The van der Waals surface area contributed by atoms with E-state index in [2.05, 4.69) is 25.6 Å². The van der Waals surface area contributed by atoms with Gasteiger partial charge in [0.2, 0.25) is 5.82 Å². The molecule has 1 atom stereocenters. The van der Waals surface area contributed by atoms with Crippen molar-refractivity contribution >= 4 is 17.6 Å². The predicted octanol–water partition coefficient (Wildman–Crippen LogP) is -0.628. The van der Waals surface area contributed by atoms with Crippen molar-refractivity contribution in [2.45, 2.75) is 25.4 Å². The lowest BCUT2D eigenvalue weighted by molar-refractivity contribution is -0.120. The van der Waals surface area contributed by atoms with E-state index >= 15 is 0 Å². The normalized spacial score (nSPS) is 16.9. The van der Waals surface area contributed by atoms with E-state index in [1.54, 1.807) is 18.8 Å². The molecule has 2 N–H and O–H groups in total. The summed E-state index contributed by atoms with van der Waals surface area (Å²) in [6, 6.07) is 1.21. The molecule has 0 aliphatic carbocycles. The van der Waals surface area contributed by atoms with Crippen molar-refractivity contribution in [2.24, 2.45) is 0 Å². The third kappa shape index (κ3) is 4.49. The smallest absolute Gasteiger partial charge is 0.291 e. The average Bonchev–Trinajstić information content (AvgIpc) is 3.31. The van der Waals surface area contributed by atoms with Crippen LogP contribution >= 0.6 is 0 Å². The molecular weight excluding hydrogens is 354 g/mol. The molecule has 1 aliphatic rings. The highest BCUT2D eigenvalue weighted by molar-refractivity contribution is 6.00. The molecule has 0 aromatic carbocycles. The minimum Gasteiger partial charge on any atom is -0.382 e. The maximum atomic E-state index is 12.7. The number of hydrogen-bond donors (Lipinski definition) is 2. The lowest BCUT2D eigenvalue weighted by atomic mass is 10.2. The predicted molar refractivity (Wildman–Crippen MR) is 94.3 cm³/mol. The first-order valence-electron chi connectivity index (χ1n) is 8.67. The van der Waals surface area contributed by atoms with Gasteiger partial charge in [0.15, 0.2) is 0 Å². The van der Waals surface area contributed by atoms with Crippen LogP contribution in [-0.4, -0.2) is 76.8 Å². The van der Waals surface area contributed by atoms with E-state index in [-0.39, 0.29) is 11.7 Å². The molecule has 0 bridgehead atoms. The van der Waals surface area contributed by atoms with E-state index < -0.39 is 11.9 Å². The minimum atomic E-state index is -0.663. The highest BCUT2D eigenvalue weighted by Gasteiger charge is 2.31. The number of methoxy groups -OCH3 is 1. The van der Waals surface area contributed by atoms with Crippen LogP contribution in [-0.2, 0) is 27.2 Å². The van der Waals surface area contributed by atoms with Gasteiger partial charge < -0.3 is 14.8 Å². The minimum absolute atomic E-state index is 0.00296. The van der Waals surface area contributed by atoms with Crippen LogP contribution in [0.15, 0.2) is 12.4 Å². The monoisotopic (exact) mass is 377 g/mol. The molecule has 2 aromatic rings. The number of carbonyl (C=O) groups is 2. The van der Waals surface area contributed by atoms with Crippen LogP contribution in [0.4, 0.5) is 5.82 Å². The van der Waals surface area contributed by atoms with Crippen LogP contribution in [0.2, 0.25) is 0 Å². The van der Waals surface area contributed by atoms with Crippen LogP contribution in [0.1, 0.15) is 22.7 Å². The van der Waals surface area contributed by atoms with Crippen molar-refractivity contribution in [3.63, 3.8) is 0 Å². The molecule has 11 nitrogen and oxygen atoms in total. The molecule has 2 aromatic heterocycles. The SMILES string of the molecule is COCCOCCc1cc2n(n1)CC[C@@H](NC(=O)c1nc[nH]n1)C(=O)N2C. The van der Waals surface area contributed by atoms with Gasteiger partial charge in [0.05, 0.1) is 25.5 Å². The molecule has 1 aliphatic heterocycles. The molecule has 0 spiro atoms. The third-order valence-corrected chi connectivity index (χ3v) is 4.27. The Morgan fingerprint density at radius 1 is 1.41 bits per heavy atom. The fraction of sp³-hybridized carbons (Fsp3) is 0.562. The van der Waals surface area contributed by atoms with Gasteiger partial charge in [-0.25, -0.2) is 9.67 Å². The van der Waals surface area contributed by atoms with Gasteiger partial charge in [0.1, 0.15) is 18.2 Å². The second-order valence-corrected chi connectivity index (χ2v) is 6.11. The summed E-state index contributed by atoms with van der Waals surface area (Å²) >= 11 is 0. The number of aryl methyl sites for hydroxylation is 1. The number of nitrogens with zero attached hydrogens (tertiary/aromatic N) is 5. The van der Waals surface area contributed by atoms with Crippen molar-refractivity contribution in [2.75, 3.05) is 38.9 Å². The first-order chi connectivity index (χ1) is 13.1. The number of aromatic nitrogens is 5. The van der Waals surface area contributed by atoms with Crippen molar-refractivity contribution in [1.29, 1.82) is 0 Å². The maximum absolute atomic E-state index is 12.7. The Morgan fingerprint density at radius 3 is 3.00 bits per heavy atom. The number of amides is 2. The molecule has 0 fully saturated rings. The van der Waals surface area contributed by atoms with Crippen molar-refractivity contribution in [3.8, 4) is 0 Å². The van der Waals surface area contributed by atoms with Crippen molar-refractivity contribution in [3.05, 3.63) is 23.9 Å². The number of likely N-dealkylation sites (N-methyl/N-ethyl adjacent to an activating group) is 1. The summed E-state index contributed by atoms with van der Waals surface area (Å²) in [7, 11) is 3.30. The quantitative estimate of drug-likeness (QED) is 0.587. The Balaban J connectivity index is 1.60. The van der Waals surface area contributed by atoms with Gasteiger partial charge in [-0.1, -0.05) is 0 Å². The number of carbonyl (C=O) groups excluding carboxylic acids is 2. The highest BCUT2D eigenvalue weighted by Crippen LogP contribution is 2.21. The number of fused-ring (bicyclic) bond motifs is 1. The van der Waals surface area contributed by atoms with Gasteiger partial charge in [-0.3, -0.25) is 19.6 Å². The summed E-state index contributed by atoms with van der Waals surface area (Å²) in [6.07, 6.45) is 2.39. The number of ether oxygens (including phenoxy) is 2. The lowest BCUT2D eigenvalue weighted by Gasteiger charge is -2.19. The largest absolute Gasteiger partial charge is 0.382 e. The third-order valence-electron chi connectivity index (χ3n) is 4.27. The number of hydrogen-bond acceptors (Lipinski definition) is 7. The molecule has 0 radical (unpaired) electrons. The van der Waals surface area contributed by atoms with E-state index in [4.69, 9.17) is 9.47 Å². The summed E-state index contributed by atoms with van der Waals surface area (Å²) in [5, 5.41) is 13.4. The van der Waals surface area contributed by atoms with Crippen LogP contribution in [0.3, 0.4) is 0 Å². The first kappa shape index (κ1) is 19.0. The molecular formula is C16H23N7O4. The van der Waals surface area contributed by atoms with E-state index in [1.807, 2.05) is 6.07 Å². The fourth-order valence-electron chi connectivity index (χ4n) is 2.83. The zero-order valence-corrected chi connectivity index (χ0v) is 15.3. The topological polar surface area (TPSA) is 127 Å². The zero-order valence-electron chi connectivity index (χ0n) is 15.3. The van der Waals surface area contributed by atoms with E-state index in [0.717, 1.165) is 5.69 Å². The van der Waals surface area contributed by atoms with E-state index in [0.29, 0.717) is 45.0 Å². The van der Waals surface area contributed by atoms with Gasteiger partial charge in [-0.2, -0.15) is 5.10 Å². The summed E-state index contributed by atoms with van der Waals surface area (Å²) in [6.45, 7) is 2.13. The molecule has 11 heteroatoms. The summed E-state index contributed by atoms with van der Waals surface area (Å²) < 4.78 is 12.2. The van der Waals surface area contributed by atoms with Crippen molar-refractivity contribution in [1.82, 2.24) is 30.3 Å². The van der Waals surface area contributed by atoms with Gasteiger partial charge >= 0.3 is 0 Å². The van der Waals surface area contributed by atoms with Gasteiger partial charge in [-0.05, 0) is 6.42 Å². The molecule has 3 rings (SSSR count). The Bertz CT molecular complexity index is 774. The van der Waals surface area contributed by atoms with Gasteiger partial charge in [0.25, 0.3) is 11.8 Å². The summed E-state index contributed by atoms with van der Waals surface area (Å²) in [4.78, 5) is 30.2. The van der Waals surface area contributed by atoms with Crippen LogP contribution in [0, 0.1) is 0 Å². The molecule has 0 saturated heterocycles. The average molecular weight is 377 g/mol. The second-order valence-electron chi connectivity index (χ2n) is 6.11. The molecule has 0 unspecified atom stereocenters. The second kappa shape index (κ2) is 8.73. The summed E-state index contributed by atoms with van der Waals surface area (Å²) in [5.41, 5.74) is 0.852. The van der Waals surface area contributed by atoms with Crippen LogP contribution in [0.5, 0.6) is 0 Å². The van der Waals surface area contributed by atoms with Gasteiger partial charge in [-0.15, -0.1) is 5.10 Å². The van der Waals surface area contributed by atoms with Gasteiger partial charge in [0, 0.05) is 33.2 Å². The van der Waals surface area contributed by atoms with E-state index in [9.17, 15) is 9.59 Å². The number of rotatable bonds is 8. The highest BCUT2D eigenvalue weighted by atomic mass is 16.5. The fourth-order valence-corrected chi connectivity index (χ4v) is 2.83.